The molecule has 96 valence electrons. The van der Waals surface area contributed by atoms with Gasteiger partial charge in [-0.2, -0.15) is 0 Å². The molecule has 0 saturated carbocycles. The second-order valence-corrected chi connectivity index (χ2v) is 3.93. The number of aliphatic hydroxyl groups is 1. The first-order chi connectivity index (χ1) is 9.35. The molecule has 0 fully saturated rings. The molecule has 19 heavy (non-hydrogen) atoms. The van der Waals surface area contributed by atoms with Gasteiger partial charge in [0.1, 0.15) is 12.2 Å². The van der Waals surface area contributed by atoms with Crippen molar-refractivity contribution in [1.82, 2.24) is 25.2 Å². The molecule has 0 aliphatic heterocycles. The van der Waals surface area contributed by atoms with Gasteiger partial charge < -0.3 is 9.52 Å². The fourth-order valence-corrected chi connectivity index (χ4v) is 1.64. The first kappa shape index (κ1) is 11.5. The highest BCUT2D eigenvalue weighted by molar-refractivity contribution is 5.51. The van der Waals surface area contributed by atoms with E-state index in [0.29, 0.717) is 24.0 Å². The molecular formula is C12H11N5O2. The van der Waals surface area contributed by atoms with Crippen LogP contribution in [0.3, 0.4) is 0 Å². The van der Waals surface area contributed by atoms with Gasteiger partial charge in [-0.1, -0.05) is 23.4 Å². The zero-order valence-corrected chi connectivity index (χ0v) is 9.97. The predicted octanol–water partition coefficient (Wildman–Crippen LogP) is 0.869. The zero-order valence-electron chi connectivity index (χ0n) is 9.97. The van der Waals surface area contributed by atoms with Crippen molar-refractivity contribution in [2.45, 2.75) is 13.2 Å². The third kappa shape index (κ3) is 2.50. The van der Waals surface area contributed by atoms with Crippen LogP contribution >= 0.6 is 0 Å². The van der Waals surface area contributed by atoms with Gasteiger partial charge in [0.2, 0.25) is 11.8 Å². The number of hydrogen-bond acceptors (Lipinski definition) is 6. The highest BCUT2D eigenvalue weighted by Gasteiger charge is 2.09. The van der Waals surface area contributed by atoms with E-state index < -0.39 is 0 Å². The van der Waals surface area contributed by atoms with Gasteiger partial charge in [-0.05, 0) is 12.1 Å². The Labute approximate surface area is 108 Å². The standard InChI is InChI=1S/C12H11N5O2/c18-8-10-6-17(16-13-10)7-11-14-15-12(19-11)9-4-2-1-3-5-9/h1-6,18H,7-8H2. The minimum absolute atomic E-state index is 0.140. The van der Waals surface area contributed by atoms with Crippen molar-refractivity contribution in [2.75, 3.05) is 0 Å². The minimum Gasteiger partial charge on any atom is -0.419 e. The summed E-state index contributed by atoms with van der Waals surface area (Å²) in [5, 5.41) is 24.5. The summed E-state index contributed by atoms with van der Waals surface area (Å²) in [4.78, 5) is 0. The number of rotatable bonds is 4. The summed E-state index contributed by atoms with van der Waals surface area (Å²) >= 11 is 0. The lowest BCUT2D eigenvalue weighted by atomic mass is 10.2. The van der Waals surface area contributed by atoms with Crippen LogP contribution in [-0.4, -0.2) is 30.3 Å². The Kier molecular flexibility index (Phi) is 3.03. The molecule has 7 heteroatoms. The average Bonchev–Trinajstić information content (AvgIpc) is 3.09. The number of nitrogens with zero attached hydrogens (tertiary/aromatic N) is 5. The summed E-state index contributed by atoms with van der Waals surface area (Å²) in [6, 6.07) is 9.54. The van der Waals surface area contributed by atoms with Gasteiger partial charge in [0, 0.05) is 5.56 Å². The van der Waals surface area contributed by atoms with E-state index in [1.54, 1.807) is 6.20 Å². The van der Waals surface area contributed by atoms with E-state index >= 15 is 0 Å². The third-order valence-electron chi connectivity index (χ3n) is 2.53. The monoisotopic (exact) mass is 257 g/mol. The molecule has 3 aromatic rings. The Hall–Kier alpha value is -2.54. The van der Waals surface area contributed by atoms with Crippen LogP contribution in [-0.2, 0) is 13.2 Å². The van der Waals surface area contributed by atoms with Gasteiger partial charge in [0.05, 0.1) is 12.8 Å². The molecule has 0 atom stereocenters. The van der Waals surface area contributed by atoms with E-state index in [2.05, 4.69) is 20.5 Å². The van der Waals surface area contributed by atoms with E-state index in [4.69, 9.17) is 9.52 Å². The van der Waals surface area contributed by atoms with E-state index in [1.165, 1.54) is 4.68 Å². The molecule has 7 nitrogen and oxygen atoms in total. The van der Waals surface area contributed by atoms with Crippen molar-refractivity contribution in [1.29, 1.82) is 0 Å². The van der Waals surface area contributed by atoms with Gasteiger partial charge in [-0.3, -0.25) is 0 Å². The highest BCUT2D eigenvalue weighted by atomic mass is 16.4. The first-order valence-electron chi connectivity index (χ1n) is 5.73. The molecule has 2 aromatic heterocycles. The summed E-state index contributed by atoms with van der Waals surface area (Å²) in [7, 11) is 0. The Morgan fingerprint density at radius 2 is 1.95 bits per heavy atom. The Bertz CT molecular complexity index is 662. The maximum Gasteiger partial charge on any atom is 0.247 e. The Morgan fingerprint density at radius 1 is 1.11 bits per heavy atom. The fourth-order valence-electron chi connectivity index (χ4n) is 1.64. The molecule has 1 N–H and O–H groups in total. The summed E-state index contributed by atoms with van der Waals surface area (Å²) < 4.78 is 7.08. The van der Waals surface area contributed by atoms with Crippen molar-refractivity contribution in [3.05, 3.63) is 48.1 Å². The molecule has 0 aliphatic carbocycles. The molecule has 2 heterocycles. The number of benzene rings is 1. The number of aromatic nitrogens is 5. The maximum absolute atomic E-state index is 8.90. The number of hydrogen-bond donors (Lipinski definition) is 1. The molecule has 0 radical (unpaired) electrons. The molecule has 0 unspecified atom stereocenters. The lowest BCUT2D eigenvalue weighted by Gasteiger charge is -1.94. The third-order valence-corrected chi connectivity index (χ3v) is 2.53. The van der Waals surface area contributed by atoms with Crippen LogP contribution in [0.5, 0.6) is 0 Å². The first-order valence-corrected chi connectivity index (χ1v) is 5.73. The van der Waals surface area contributed by atoms with Crippen LogP contribution in [0.2, 0.25) is 0 Å². The van der Waals surface area contributed by atoms with E-state index in [1.807, 2.05) is 30.3 Å². The molecule has 0 saturated heterocycles. The van der Waals surface area contributed by atoms with Crippen molar-refractivity contribution >= 4 is 0 Å². The maximum atomic E-state index is 8.90. The molecular weight excluding hydrogens is 246 g/mol. The smallest absolute Gasteiger partial charge is 0.247 e. The zero-order chi connectivity index (χ0) is 13.1. The summed E-state index contributed by atoms with van der Waals surface area (Å²) in [6.45, 7) is 0.186. The van der Waals surface area contributed by atoms with Gasteiger partial charge in [-0.15, -0.1) is 15.3 Å². The van der Waals surface area contributed by atoms with E-state index in [9.17, 15) is 0 Å². The highest BCUT2D eigenvalue weighted by Crippen LogP contribution is 2.17. The normalized spacial score (nSPS) is 10.8. The van der Waals surface area contributed by atoms with E-state index in [0.717, 1.165) is 5.56 Å². The van der Waals surface area contributed by atoms with Gasteiger partial charge in [0.15, 0.2) is 0 Å². The van der Waals surface area contributed by atoms with Crippen molar-refractivity contribution < 1.29 is 9.52 Å². The molecule has 0 aliphatic rings. The van der Waals surface area contributed by atoms with Crippen LogP contribution in [0.4, 0.5) is 0 Å². The Morgan fingerprint density at radius 3 is 2.68 bits per heavy atom. The predicted molar refractivity (Wildman–Crippen MR) is 64.8 cm³/mol. The summed E-state index contributed by atoms with van der Waals surface area (Å²) in [6.07, 6.45) is 1.63. The molecule has 0 bridgehead atoms. The molecule has 1 aromatic carbocycles. The summed E-state index contributed by atoms with van der Waals surface area (Å²) in [5.74, 6) is 0.909. The van der Waals surface area contributed by atoms with Crippen molar-refractivity contribution in [2.24, 2.45) is 0 Å². The van der Waals surface area contributed by atoms with Crippen molar-refractivity contribution in [3.8, 4) is 11.5 Å². The van der Waals surface area contributed by atoms with Crippen LogP contribution in [0, 0.1) is 0 Å². The fraction of sp³-hybridized carbons (Fsp3) is 0.167. The van der Waals surface area contributed by atoms with Crippen LogP contribution < -0.4 is 0 Å². The van der Waals surface area contributed by atoms with Gasteiger partial charge in [0.25, 0.3) is 0 Å². The van der Waals surface area contributed by atoms with Crippen LogP contribution in [0.1, 0.15) is 11.6 Å². The van der Waals surface area contributed by atoms with Gasteiger partial charge >= 0.3 is 0 Å². The largest absolute Gasteiger partial charge is 0.419 e. The average molecular weight is 257 g/mol. The summed E-state index contributed by atoms with van der Waals surface area (Å²) in [5.41, 5.74) is 1.37. The van der Waals surface area contributed by atoms with Crippen molar-refractivity contribution in [3.63, 3.8) is 0 Å². The minimum atomic E-state index is -0.140. The second kappa shape index (κ2) is 4.99. The topological polar surface area (TPSA) is 89.9 Å². The number of aliphatic hydroxyl groups excluding tert-OH is 1. The van der Waals surface area contributed by atoms with Gasteiger partial charge in [-0.25, -0.2) is 4.68 Å². The lowest BCUT2D eigenvalue weighted by molar-refractivity contribution is 0.276. The quantitative estimate of drug-likeness (QED) is 0.745. The van der Waals surface area contributed by atoms with Crippen LogP contribution in [0.15, 0.2) is 40.9 Å². The van der Waals surface area contributed by atoms with Crippen LogP contribution in [0.25, 0.3) is 11.5 Å². The molecule has 0 amide bonds. The van der Waals surface area contributed by atoms with E-state index in [-0.39, 0.29) is 6.61 Å². The second-order valence-electron chi connectivity index (χ2n) is 3.93. The molecule has 3 rings (SSSR count). The SMILES string of the molecule is OCc1cn(Cc2nnc(-c3ccccc3)o2)nn1. The Balaban J connectivity index is 1.78. The lowest BCUT2D eigenvalue weighted by Crippen LogP contribution is -2.00. The molecule has 0 spiro atoms.